The number of hydrogen-bond acceptors (Lipinski definition) is 4. The molecule has 0 unspecified atom stereocenters. The Morgan fingerprint density at radius 2 is 2.08 bits per heavy atom. The number of likely N-dealkylation sites (tertiary alicyclic amines) is 1. The molecule has 124 valence electrons. The number of fused-ring (bicyclic) bond motifs is 1. The van der Waals surface area contributed by atoms with Gasteiger partial charge in [-0.3, -0.25) is 14.8 Å². The minimum atomic E-state index is 0.0963. The molecule has 2 N–H and O–H groups in total. The molecule has 0 spiro atoms. The van der Waals surface area contributed by atoms with Gasteiger partial charge in [0, 0.05) is 35.1 Å². The van der Waals surface area contributed by atoms with Crippen LogP contribution in [-0.2, 0) is 6.54 Å². The van der Waals surface area contributed by atoms with Crippen LogP contribution in [0.2, 0.25) is 0 Å². The van der Waals surface area contributed by atoms with Crippen LogP contribution < -0.4 is 5.43 Å². The molecule has 1 fully saturated rings. The van der Waals surface area contributed by atoms with Crippen molar-refractivity contribution in [2.24, 2.45) is 0 Å². The molecule has 6 heteroatoms. The van der Waals surface area contributed by atoms with Gasteiger partial charge in [0.05, 0.1) is 0 Å². The van der Waals surface area contributed by atoms with E-state index >= 15 is 0 Å². The van der Waals surface area contributed by atoms with Crippen LogP contribution in [0.15, 0.2) is 35.4 Å². The fourth-order valence-corrected chi connectivity index (χ4v) is 3.52. The maximum atomic E-state index is 12.3. The molecule has 1 aliphatic heterocycles. The van der Waals surface area contributed by atoms with E-state index in [-0.39, 0.29) is 5.43 Å². The van der Waals surface area contributed by atoms with Crippen LogP contribution in [0, 0.1) is 6.92 Å². The zero-order valence-electron chi connectivity index (χ0n) is 13.7. The zero-order valence-corrected chi connectivity index (χ0v) is 13.7. The van der Waals surface area contributed by atoms with Gasteiger partial charge in [0.15, 0.2) is 5.43 Å². The van der Waals surface area contributed by atoms with Crippen LogP contribution in [0.3, 0.4) is 0 Å². The Balaban J connectivity index is 1.47. The summed E-state index contributed by atoms with van der Waals surface area (Å²) >= 11 is 0. The quantitative estimate of drug-likeness (QED) is 0.775. The second kappa shape index (κ2) is 6.20. The number of nitrogens with zero attached hydrogens (tertiary/aromatic N) is 3. The highest BCUT2D eigenvalue weighted by Gasteiger charge is 2.22. The van der Waals surface area contributed by atoms with Crippen LogP contribution in [-0.4, -0.2) is 38.2 Å². The Labute approximate surface area is 139 Å². The molecular weight excluding hydrogens is 302 g/mol. The third-order valence-electron chi connectivity index (χ3n) is 4.84. The van der Waals surface area contributed by atoms with Gasteiger partial charge < -0.3 is 4.98 Å². The number of nitrogens with one attached hydrogen (secondary N) is 2. The molecule has 0 aliphatic carbocycles. The van der Waals surface area contributed by atoms with E-state index in [9.17, 15) is 4.79 Å². The number of aromatic amines is 2. The lowest BCUT2D eigenvalue weighted by molar-refractivity contribution is 0.200. The number of benzene rings is 1. The van der Waals surface area contributed by atoms with Gasteiger partial charge in [-0.05, 0) is 45.0 Å². The summed E-state index contributed by atoms with van der Waals surface area (Å²) in [6, 6.07) is 7.71. The SMILES string of the molecule is Cc1ccc2[nH]c(CN3CCC(c4ncn[nH]4)CC3)cc(=O)c2c1. The highest BCUT2D eigenvalue weighted by molar-refractivity contribution is 5.79. The summed E-state index contributed by atoms with van der Waals surface area (Å²) in [7, 11) is 0. The monoisotopic (exact) mass is 323 g/mol. The standard InChI is InChI=1S/C18H21N5O/c1-12-2-3-16-15(8-12)17(24)9-14(21-16)10-23-6-4-13(5-7-23)18-19-11-20-22-18/h2-3,8-9,11,13H,4-7,10H2,1H3,(H,21,24)(H,19,20,22). The summed E-state index contributed by atoms with van der Waals surface area (Å²) < 4.78 is 0. The van der Waals surface area contributed by atoms with Crippen LogP contribution in [0.1, 0.15) is 35.8 Å². The topological polar surface area (TPSA) is 77.7 Å². The number of piperidine rings is 1. The predicted molar refractivity (Wildman–Crippen MR) is 92.9 cm³/mol. The molecule has 6 nitrogen and oxygen atoms in total. The smallest absolute Gasteiger partial charge is 0.189 e. The van der Waals surface area contributed by atoms with Crippen molar-refractivity contribution in [2.45, 2.75) is 32.2 Å². The lowest BCUT2D eigenvalue weighted by Gasteiger charge is -2.30. The molecule has 1 aromatic carbocycles. The van der Waals surface area contributed by atoms with Crippen molar-refractivity contribution in [2.75, 3.05) is 13.1 Å². The van der Waals surface area contributed by atoms with Gasteiger partial charge in [0.25, 0.3) is 0 Å². The fourth-order valence-electron chi connectivity index (χ4n) is 3.52. The van der Waals surface area contributed by atoms with E-state index in [0.29, 0.717) is 5.92 Å². The molecule has 1 saturated heterocycles. The molecule has 3 aromatic rings. The van der Waals surface area contributed by atoms with Crippen LogP contribution in [0.25, 0.3) is 10.9 Å². The average molecular weight is 323 g/mol. The Bertz CT molecular complexity index is 891. The number of aromatic nitrogens is 4. The molecule has 3 heterocycles. The molecule has 1 aliphatic rings. The van der Waals surface area contributed by atoms with Gasteiger partial charge >= 0.3 is 0 Å². The van der Waals surface area contributed by atoms with Gasteiger partial charge in [0.2, 0.25) is 0 Å². The summed E-state index contributed by atoms with van der Waals surface area (Å²) in [5.74, 6) is 1.45. The molecule has 4 rings (SSSR count). The maximum Gasteiger partial charge on any atom is 0.189 e. The first-order valence-corrected chi connectivity index (χ1v) is 8.39. The number of rotatable bonds is 3. The van der Waals surface area contributed by atoms with E-state index in [4.69, 9.17) is 0 Å². The van der Waals surface area contributed by atoms with Crippen LogP contribution >= 0.6 is 0 Å². The van der Waals surface area contributed by atoms with Crippen molar-refractivity contribution in [3.8, 4) is 0 Å². The third-order valence-corrected chi connectivity index (χ3v) is 4.84. The minimum Gasteiger partial charge on any atom is -0.357 e. The zero-order chi connectivity index (χ0) is 16.5. The van der Waals surface area contributed by atoms with Crippen molar-refractivity contribution in [1.82, 2.24) is 25.1 Å². The first kappa shape index (κ1) is 15.1. The first-order chi connectivity index (χ1) is 11.7. The summed E-state index contributed by atoms with van der Waals surface area (Å²) in [6.45, 7) is 4.78. The lowest BCUT2D eigenvalue weighted by Crippen LogP contribution is -2.33. The Kier molecular flexibility index (Phi) is 3.90. The van der Waals surface area contributed by atoms with Gasteiger partial charge in [-0.15, -0.1) is 0 Å². The first-order valence-electron chi connectivity index (χ1n) is 8.39. The lowest BCUT2D eigenvalue weighted by atomic mass is 9.96. The third kappa shape index (κ3) is 2.97. The van der Waals surface area contributed by atoms with Crippen molar-refractivity contribution in [3.05, 3.63) is 57.9 Å². The molecule has 0 bridgehead atoms. The fraction of sp³-hybridized carbons (Fsp3) is 0.389. The molecule has 0 amide bonds. The molecule has 0 saturated carbocycles. The Hall–Kier alpha value is -2.47. The van der Waals surface area contributed by atoms with E-state index in [0.717, 1.165) is 60.5 Å². The van der Waals surface area contributed by atoms with E-state index in [1.54, 1.807) is 12.4 Å². The summed E-state index contributed by atoms with van der Waals surface area (Å²) in [4.78, 5) is 22.4. The molecule has 0 radical (unpaired) electrons. The largest absolute Gasteiger partial charge is 0.357 e. The van der Waals surface area contributed by atoms with E-state index in [1.165, 1.54) is 0 Å². The highest BCUT2D eigenvalue weighted by Crippen LogP contribution is 2.25. The number of hydrogen-bond donors (Lipinski definition) is 2. The van der Waals surface area contributed by atoms with E-state index in [1.807, 2.05) is 25.1 Å². The Morgan fingerprint density at radius 1 is 1.25 bits per heavy atom. The number of pyridine rings is 1. The van der Waals surface area contributed by atoms with Gasteiger partial charge in [0.1, 0.15) is 12.2 Å². The second-order valence-corrected chi connectivity index (χ2v) is 6.63. The van der Waals surface area contributed by atoms with Crippen molar-refractivity contribution >= 4 is 10.9 Å². The van der Waals surface area contributed by atoms with Crippen molar-refractivity contribution < 1.29 is 0 Å². The number of H-pyrrole nitrogens is 2. The molecule has 0 atom stereocenters. The van der Waals surface area contributed by atoms with Gasteiger partial charge in [-0.1, -0.05) is 11.6 Å². The van der Waals surface area contributed by atoms with Crippen molar-refractivity contribution in [1.29, 1.82) is 0 Å². The number of aryl methyl sites for hydroxylation is 1. The molecule has 24 heavy (non-hydrogen) atoms. The Morgan fingerprint density at radius 3 is 2.83 bits per heavy atom. The van der Waals surface area contributed by atoms with Crippen LogP contribution in [0.5, 0.6) is 0 Å². The van der Waals surface area contributed by atoms with Crippen molar-refractivity contribution in [3.63, 3.8) is 0 Å². The normalized spacial score (nSPS) is 16.7. The van der Waals surface area contributed by atoms with Crippen LogP contribution in [0.4, 0.5) is 0 Å². The summed E-state index contributed by atoms with van der Waals surface area (Å²) in [5.41, 5.74) is 3.10. The van der Waals surface area contributed by atoms with Gasteiger partial charge in [-0.25, -0.2) is 4.98 Å². The summed E-state index contributed by atoms with van der Waals surface area (Å²) in [5, 5.41) is 7.68. The predicted octanol–water partition coefficient (Wildman–Crippen LogP) is 2.33. The summed E-state index contributed by atoms with van der Waals surface area (Å²) in [6.07, 6.45) is 3.70. The second-order valence-electron chi connectivity index (χ2n) is 6.63. The molecule has 2 aromatic heterocycles. The minimum absolute atomic E-state index is 0.0963. The highest BCUT2D eigenvalue weighted by atomic mass is 16.1. The van der Waals surface area contributed by atoms with Gasteiger partial charge in [-0.2, -0.15) is 5.10 Å². The molecular formula is C18H21N5O. The van der Waals surface area contributed by atoms with E-state index in [2.05, 4.69) is 25.1 Å². The van der Waals surface area contributed by atoms with E-state index < -0.39 is 0 Å². The maximum absolute atomic E-state index is 12.3. The average Bonchev–Trinajstić information content (AvgIpc) is 3.11.